The van der Waals surface area contributed by atoms with Gasteiger partial charge in [-0.15, -0.1) is 5.10 Å². The number of anilines is 1. The van der Waals surface area contributed by atoms with Crippen LogP contribution in [-0.4, -0.2) is 57.2 Å². The molecule has 0 unspecified atom stereocenters. The van der Waals surface area contributed by atoms with Gasteiger partial charge in [-0.2, -0.15) is 19.7 Å². The van der Waals surface area contributed by atoms with Crippen molar-refractivity contribution in [3.8, 4) is 5.82 Å². The van der Waals surface area contributed by atoms with E-state index in [0.29, 0.717) is 30.0 Å². The maximum Gasteiger partial charge on any atom is 0.266 e. The molecule has 4 aromatic heterocycles. The number of piperidine rings is 1. The van der Waals surface area contributed by atoms with Crippen LogP contribution in [0.3, 0.4) is 0 Å². The van der Waals surface area contributed by atoms with Gasteiger partial charge in [-0.1, -0.05) is 13.8 Å². The molecule has 0 aliphatic carbocycles. The molecule has 0 N–H and O–H groups in total. The minimum atomic E-state index is -0.105. The molecule has 11 heteroatoms. The highest BCUT2D eigenvalue weighted by Gasteiger charge is 2.23. The summed E-state index contributed by atoms with van der Waals surface area (Å²) in [5.41, 5.74) is 0.907. The SMILES string of the molecule is CC(C)c1cc(N2CCC(Cn3nc(-n4cncn4)ccc3=O)CC2)n2ncnc2n1. The molecule has 0 atom stereocenters. The van der Waals surface area contributed by atoms with E-state index < -0.39 is 0 Å². The van der Waals surface area contributed by atoms with Crippen LogP contribution >= 0.6 is 0 Å². The Labute approximate surface area is 178 Å². The Bertz CT molecular complexity index is 1230. The lowest BCUT2D eigenvalue weighted by Gasteiger charge is -2.33. The molecule has 5 heterocycles. The Kier molecular flexibility index (Phi) is 4.92. The van der Waals surface area contributed by atoms with Crippen molar-refractivity contribution in [2.24, 2.45) is 5.92 Å². The van der Waals surface area contributed by atoms with Crippen LogP contribution in [0.1, 0.15) is 38.3 Å². The van der Waals surface area contributed by atoms with E-state index in [1.807, 2.05) is 0 Å². The van der Waals surface area contributed by atoms with Crippen LogP contribution in [0, 0.1) is 5.92 Å². The molecule has 5 rings (SSSR count). The van der Waals surface area contributed by atoms with Gasteiger partial charge in [-0.3, -0.25) is 4.79 Å². The first-order valence-electron chi connectivity index (χ1n) is 10.5. The van der Waals surface area contributed by atoms with Crippen molar-refractivity contribution >= 4 is 11.6 Å². The second-order valence-electron chi connectivity index (χ2n) is 8.15. The standard InChI is InChI=1S/C20H24N10O/c1-14(2)16-9-18(30-20(25-16)22-12-24-30)27-7-5-15(6-8-27)10-28-19(31)4-3-17(26-28)29-13-21-11-23-29/h3-4,9,11-15H,5-8,10H2,1-2H3. The summed E-state index contributed by atoms with van der Waals surface area (Å²) in [5, 5.41) is 12.9. The van der Waals surface area contributed by atoms with Crippen LogP contribution in [0.2, 0.25) is 0 Å². The highest BCUT2D eigenvalue weighted by molar-refractivity contribution is 5.48. The Morgan fingerprint density at radius 1 is 1.13 bits per heavy atom. The molecule has 4 aromatic rings. The Morgan fingerprint density at radius 3 is 2.71 bits per heavy atom. The zero-order chi connectivity index (χ0) is 21.4. The molecule has 1 fully saturated rings. The zero-order valence-corrected chi connectivity index (χ0v) is 17.5. The molecule has 160 valence electrons. The van der Waals surface area contributed by atoms with Crippen LogP contribution in [0.4, 0.5) is 5.82 Å². The molecule has 0 spiro atoms. The number of rotatable bonds is 5. The van der Waals surface area contributed by atoms with E-state index in [4.69, 9.17) is 0 Å². The molecule has 1 saturated heterocycles. The highest BCUT2D eigenvalue weighted by atomic mass is 16.1. The Hall–Kier alpha value is -3.63. The first-order valence-corrected chi connectivity index (χ1v) is 10.5. The van der Waals surface area contributed by atoms with Gasteiger partial charge in [0.05, 0.1) is 5.69 Å². The largest absolute Gasteiger partial charge is 0.356 e. The van der Waals surface area contributed by atoms with E-state index in [2.05, 4.69) is 55.1 Å². The monoisotopic (exact) mass is 420 g/mol. The summed E-state index contributed by atoms with van der Waals surface area (Å²) in [6.45, 7) is 6.59. The molecular weight excluding hydrogens is 396 g/mol. The van der Waals surface area contributed by atoms with Crippen molar-refractivity contribution in [3.05, 3.63) is 53.2 Å². The molecule has 1 aliphatic heterocycles. The van der Waals surface area contributed by atoms with Gasteiger partial charge in [0.1, 0.15) is 24.8 Å². The smallest absolute Gasteiger partial charge is 0.266 e. The fourth-order valence-corrected chi connectivity index (χ4v) is 3.94. The van der Waals surface area contributed by atoms with Gasteiger partial charge in [0.2, 0.25) is 0 Å². The molecule has 0 bridgehead atoms. The molecule has 0 amide bonds. The molecule has 0 radical (unpaired) electrons. The Morgan fingerprint density at radius 2 is 1.97 bits per heavy atom. The Balaban J connectivity index is 1.32. The minimum Gasteiger partial charge on any atom is -0.356 e. The lowest BCUT2D eigenvalue weighted by atomic mass is 9.96. The van der Waals surface area contributed by atoms with Crippen molar-refractivity contribution in [3.63, 3.8) is 0 Å². The van der Waals surface area contributed by atoms with Gasteiger partial charge in [0.25, 0.3) is 11.3 Å². The molecule has 31 heavy (non-hydrogen) atoms. The van der Waals surface area contributed by atoms with Gasteiger partial charge in [0, 0.05) is 31.8 Å². The third-order valence-corrected chi connectivity index (χ3v) is 5.72. The summed E-state index contributed by atoms with van der Waals surface area (Å²) in [6.07, 6.45) is 6.47. The molecular formula is C20H24N10O. The summed E-state index contributed by atoms with van der Waals surface area (Å²) in [7, 11) is 0. The first kappa shape index (κ1) is 19.3. The lowest BCUT2D eigenvalue weighted by molar-refractivity contribution is 0.333. The van der Waals surface area contributed by atoms with Gasteiger partial charge < -0.3 is 4.90 Å². The van der Waals surface area contributed by atoms with Crippen molar-refractivity contribution in [1.29, 1.82) is 0 Å². The third kappa shape index (κ3) is 3.78. The second kappa shape index (κ2) is 7.89. The van der Waals surface area contributed by atoms with E-state index in [9.17, 15) is 4.79 Å². The fraction of sp³-hybridized carbons (Fsp3) is 0.450. The zero-order valence-electron chi connectivity index (χ0n) is 17.5. The number of fused-ring (bicyclic) bond motifs is 1. The normalized spacial score (nSPS) is 15.3. The quantitative estimate of drug-likeness (QED) is 0.475. The average molecular weight is 420 g/mol. The predicted molar refractivity (Wildman–Crippen MR) is 113 cm³/mol. The fourth-order valence-electron chi connectivity index (χ4n) is 3.94. The summed E-state index contributed by atoms with van der Waals surface area (Å²) in [5.74, 6) is 2.91. The van der Waals surface area contributed by atoms with Crippen molar-refractivity contribution in [2.75, 3.05) is 18.0 Å². The summed E-state index contributed by atoms with van der Waals surface area (Å²) >= 11 is 0. The van der Waals surface area contributed by atoms with Gasteiger partial charge in [-0.05, 0) is 30.7 Å². The van der Waals surface area contributed by atoms with Crippen LogP contribution in [0.25, 0.3) is 11.6 Å². The number of hydrogen-bond acceptors (Lipinski definition) is 8. The van der Waals surface area contributed by atoms with Gasteiger partial charge in [-0.25, -0.2) is 19.3 Å². The van der Waals surface area contributed by atoms with Crippen LogP contribution < -0.4 is 10.5 Å². The summed E-state index contributed by atoms with van der Waals surface area (Å²) in [4.78, 5) is 27.5. The maximum absolute atomic E-state index is 12.3. The van der Waals surface area contributed by atoms with E-state index in [-0.39, 0.29) is 5.56 Å². The second-order valence-corrected chi connectivity index (χ2v) is 8.15. The molecule has 0 saturated carbocycles. The molecule has 0 aromatic carbocycles. The first-order chi connectivity index (χ1) is 15.1. The number of aromatic nitrogens is 9. The summed E-state index contributed by atoms with van der Waals surface area (Å²) < 4.78 is 4.90. The van der Waals surface area contributed by atoms with Crippen LogP contribution in [0.5, 0.6) is 0 Å². The van der Waals surface area contributed by atoms with Gasteiger partial charge in [0.15, 0.2) is 5.82 Å². The number of nitrogens with zero attached hydrogens (tertiary/aromatic N) is 10. The van der Waals surface area contributed by atoms with Gasteiger partial charge >= 0.3 is 0 Å². The minimum absolute atomic E-state index is 0.105. The van der Waals surface area contributed by atoms with E-state index >= 15 is 0 Å². The van der Waals surface area contributed by atoms with Crippen LogP contribution in [-0.2, 0) is 6.54 Å². The average Bonchev–Trinajstić information content (AvgIpc) is 3.47. The van der Waals surface area contributed by atoms with E-state index in [1.165, 1.54) is 17.1 Å². The van der Waals surface area contributed by atoms with Crippen molar-refractivity contribution < 1.29 is 0 Å². The molecule has 11 nitrogen and oxygen atoms in total. The van der Waals surface area contributed by atoms with E-state index in [0.717, 1.165) is 37.4 Å². The third-order valence-electron chi connectivity index (χ3n) is 5.72. The molecule has 1 aliphatic rings. The van der Waals surface area contributed by atoms with E-state index in [1.54, 1.807) is 27.9 Å². The maximum atomic E-state index is 12.3. The van der Waals surface area contributed by atoms with Crippen LogP contribution in [0.15, 0.2) is 42.0 Å². The highest BCUT2D eigenvalue weighted by Crippen LogP contribution is 2.26. The number of hydrogen-bond donors (Lipinski definition) is 0. The van der Waals surface area contributed by atoms with Crippen molar-refractivity contribution in [2.45, 2.75) is 39.2 Å². The van der Waals surface area contributed by atoms with Crippen molar-refractivity contribution in [1.82, 2.24) is 44.1 Å². The predicted octanol–water partition coefficient (Wildman–Crippen LogP) is 1.30. The lowest BCUT2D eigenvalue weighted by Crippen LogP contribution is -2.38. The summed E-state index contributed by atoms with van der Waals surface area (Å²) in [6, 6.07) is 5.31. The topological polar surface area (TPSA) is 112 Å².